The first-order chi connectivity index (χ1) is 17.2. The molecule has 0 saturated carbocycles. The summed E-state index contributed by atoms with van der Waals surface area (Å²) in [6, 6.07) is 15.6. The molecule has 3 atom stereocenters. The molecule has 2 aliphatic rings. The van der Waals surface area contributed by atoms with Crippen molar-refractivity contribution >= 4 is 21.7 Å². The van der Waals surface area contributed by atoms with Gasteiger partial charge in [0.15, 0.2) is 11.6 Å². The van der Waals surface area contributed by atoms with Gasteiger partial charge in [-0.25, -0.2) is 12.8 Å². The van der Waals surface area contributed by atoms with E-state index in [1.54, 1.807) is 25.1 Å². The molecule has 0 bridgehead atoms. The zero-order valence-corrected chi connectivity index (χ0v) is 20.7. The SMILES string of the molecule is COc1cc(S(=O)(=O)N2c3cc(OC4CCc5ccccc54)ccc3CC(C(=O)O)[C@H]2C)ccc1F. The van der Waals surface area contributed by atoms with Gasteiger partial charge in [-0.05, 0) is 61.1 Å². The van der Waals surface area contributed by atoms with E-state index in [-0.39, 0.29) is 23.2 Å². The second-order valence-corrected chi connectivity index (χ2v) is 10.9. The second-order valence-electron chi connectivity index (χ2n) is 9.12. The van der Waals surface area contributed by atoms with Crippen molar-refractivity contribution < 1.29 is 32.2 Å². The van der Waals surface area contributed by atoms with Gasteiger partial charge >= 0.3 is 5.97 Å². The van der Waals surface area contributed by atoms with Crippen molar-refractivity contribution in [2.24, 2.45) is 5.92 Å². The number of fused-ring (bicyclic) bond motifs is 2. The van der Waals surface area contributed by atoms with Gasteiger partial charge in [0.05, 0.1) is 29.7 Å². The van der Waals surface area contributed by atoms with E-state index in [2.05, 4.69) is 6.07 Å². The molecule has 0 amide bonds. The number of halogens is 1. The van der Waals surface area contributed by atoms with Gasteiger partial charge < -0.3 is 14.6 Å². The molecule has 0 aromatic heterocycles. The number of rotatable bonds is 6. The third-order valence-corrected chi connectivity index (χ3v) is 8.94. The fourth-order valence-electron chi connectivity index (χ4n) is 5.15. The van der Waals surface area contributed by atoms with E-state index in [1.165, 1.54) is 12.7 Å². The summed E-state index contributed by atoms with van der Waals surface area (Å²) in [5.41, 5.74) is 3.27. The van der Waals surface area contributed by atoms with Crippen LogP contribution in [0.25, 0.3) is 0 Å². The highest BCUT2D eigenvalue weighted by Crippen LogP contribution is 2.42. The van der Waals surface area contributed by atoms with E-state index >= 15 is 0 Å². The topological polar surface area (TPSA) is 93.1 Å². The van der Waals surface area contributed by atoms with E-state index in [0.717, 1.165) is 40.9 Å². The maximum atomic E-state index is 14.0. The summed E-state index contributed by atoms with van der Waals surface area (Å²) >= 11 is 0. The van der Waals surface area contributed by atoms with Gasteiger partial charge in [0.1, 0.15) is 11.9 Å². The lowest BCUT2D eigenvalue weighted by Gasteiger charge is -2.39. The van der Waals surface area contributed by atoms with Crippen LogP contribution in [0.4, 0.5) is 10.1 Å². The molecule has 3 aromatic carbocycles. The normalized spacial score (nSPS) is 21.0. The zero-order valence-electron chi connectivity index (χ0n) is 19.8. The lowest BCUT2D eigenvalue weighted by Crippen LogP contribution is -2.49. The van der Waals surface area contributed by atoms with E-state index in [0.29, 0.717) is 17.0 Å². The summed E-state index contributed by atoms with van der Waals surface area (Å²) in [5, 5.41) is 9.83. The van der Waals surface area contributed by atoms with Crippen molar-refractivity contribution in [3.8, 4) is 11.5 Å². The van der Waals surface area contributed by atoms with Crippen LogP contribution >= 0.6 is 0 Å². The zero-order chi connectivity index (χ0) is 25.6. The van der Waals surface area contributed by atoms with Gasteiger partial charge in [-0.2, -0.15) is 0 Å². The molecular weight excluding hydrogens is 485 g/mol. The molecule has 3 aromatic rings. The Bertz CT molecular complexity index is 1440. The van der Waals surface area contributed by atoms with Crippen LogP contribution in [0.1, 0.15) is 36.1 Å². The average Bonchev–Trinajstić information content (AvgIpc) is 3.26. The first-order valence-corrected chi connectivity index (χ1v) is 13.1. The van der Waals surface area contributed by atoms with Crippen molar-refractivity contribution in [1.82, 2.24) is 0 Å². The van der Waals surface area contributed by atoms with Crippen LogP contribution in [-0.4, -0.2) is 32.6 Å². The summed E-state index contributed by atoms with van der Waals surface area (Å²) in [4.78, 5) is 11.8. The molecule has 2 unspecified atom stereocenters. The number of carboxylic acids is 1. The van der Waals surface area contributed by atoms with Gasteiger partial charge in [0.2, 0.25) is 0 Å². The minimum atomic E-state index is -4.27. The van der Waals surface area contributed by atoms with Crippen molar-refractivity contribution in [1.29, 1.82) is 0 Å². The number of aryl methyl sites for hydroxylation is 1. The predicted molar refractivity (Wildman–Crippen MR) is 131 cm³/mol. The fourth-order valence-corrected chi connectivity index (χ4v) is 6.88. The summed E-state index contributed by atoms with van der Waals surface area (Å²) < 4.78 is 54.1. The lowest BCUT2D eigenvalue weighted by molar-refractivity contribution is -0.142. The molecule has 0 saturated heterocycles. The number of aliphatic carboxylic acids is 1. The van der Waals surface area contributed by atoms with Gasteiger partial charge in [-0.1, -0.05) is 30.3 Å². The van der Waals surface area contributed by atoms with Gasteiger partial charge in [0, 0.05) is 12.1 Å². The summed E-state index contributed by atoms with van der Waals surface area (Å²) in [6.45, 7) is 1.57. The maximum absolute atomic E-state index is 14.0. The van der Waals surface area contributed by atoms with Crippen LogP contribution < -0.4 is 13.8 Å². The highest BCUT2D eigenvalue weighted by molar-refractivity contribution is 7.92. The Morgan fingerprint density at radius 1 is 1.08 bits per heavy atom. The first kappa shape index (κ1) is 24.1. The van der Waals surface area contributed by atoms with Crippen LogP contribution in [0.3, 0.4) is 0 Å². The minimum absolute atomic E-state index is 0.154. The summed E-state index contributed by atoms with van der Waals surface area (Å²) in [5.74, 6) is -2.46. The van der Waals surface area contributed by atoms with Crippen LogP contribution in [0.5, 0.6) is 11.5 Å². The largest absolute Gasteiger partial charge is 0.494 e. The Morgan fingerprint density at radius 2 is 1.86 bits per heavy atom. The van der Waals surface area contributed by atoms with Gasteiger partial charge in [0.25, 0.3) is 10.0 Å². The number of carboxylic acid groups (broad SMARTS) is 1. The number of sulfonamides is 1. The third kappa shape index (κ3) is 4.07. The molecule has 1 aliphatic heterocycles. The van der Waals surface area contributed by atoms with Gasteiger partial charge in [-0.15, -0.1) is 0 Å². The summed E-state index contributed by atoms with van der Waals surface area (Å²) in [7, 11) is -3.02. The first-order valence-electron chi connectivity index (χ1n) is 11.7. The maximum Gasteiger partial charge on any atom is 0.308 e. The predicted octanol–water partition coefficient (Wildman–Crippen LogP) is 4.74. The van der Waals surface area contributed by atoms with Crippen LogP contribution in [0, 0.1) is 11.7 Å². The average molecular weight is 512 g/mol. The number of methoxy groups -OCH3 is 1. The summed E-state index contributed by atoms with van der Waals surface area (Å²) in [6.07, 6.45) is 1.73. The van der Waals surface area contributed by atoms with Crippen molar-refractivity contribution in [2.75, 3.05) is 11.4 Å². The molecule has 9 heteroatoms. The van der Waals surface area contributed by atoms with Crippen LogP contribution in [-0.2, 0) is 27.7 Å². The van der Waals surface area contributed by atoms with E-state index < -0.39 is 33.8 Å². The van der Waals surface area contributed by atoms with Crippen LogP contribution in [0.2, 0.25) is 0 Å². The van der Waals surface area contributed by atoms with Crippen LogP contribution in [0.15, 0.2) is 65.6 Å². The highest BCUT2D eigenvalue weighted by atomic mass is 32.2. The number of nitrogens with zero attached hydrogens (tertiary/aromatic N) is 1. The molecular formula is C27H26FNO6S. The number of anilines is 1. The highest BCUT2D eigenvalue weighted by Gasteiger charge is 2.42. The molecule has 5 rings (SSSR count). The number of ether oxygens (including phenoxy) is 2. The molecule has 7 nitrogen and oxygen atoms in total. The Balaban J connectivity index is 1.57. The van der Waals surface area contributed by atoms with Crippen molar-refractivity contribution in [3.05, 3.63) is 83.2 Å². The molecule has 0 fully saturated rings. The standard InChI is InChI=1S/C27H26FNO6S/c1-16-22(27(30)31)13-18-7-9-19(35-25-12-8-17-5-3-4-6-21(17)25)14-24(18)29(16)36(32,33)20-10-11-23(28)26(15-20)34-2/h3-7,9-11,14-16,22,25H,8,12-13H2,1-2H3,(H,30,31)/t16-,22?,25?/m1/s1. The second kappa shape index (κ2) is 9.13. The Labute approximate surface area is 209 Å². The van der Waals surface area contributed by atoms with Gasteiger partial charge in [-0.3, -0.25) is 9.10 Å². The van der Waals surface area contributed by atoms with E-state index in [1.807, 2.05) is 18.2 Å². The van der Waals surface area contributed by atoms with E-state index in [9.17, 15) is 22.7 Å². The fraction of sp³-hybridized carbons (Fsp3) is 0.296. The Kier molecular flexibility index (Phi) is 6.12. The van der Waals surface area contributed by atoms with Crippen molar-refractivity contribution in [2.45, 2.75) is 43.2 Å². The Morgan fingerprint density at radius 3 is 2.61 bits per heavy atom. The lowest BCUT2D eigenvalue weighted by atomic mass is 9.88. The third-order valence-electron chi connectivity index (χ3n) is 7.04. The molecule has 1 N–H and O–H groups in total. The number of carbonyl (C=O) groups is 1. The molecule has 188 valence electrons. The van der Waals surface area contributed by atoms with Crippen molar-refractivity contribution in [3.63, 3.8) is 0 Å². The number of benzene rings is 3. The molecule has 0 spiro atoms. The molecule has 1 aliphatic carbocycles. The minimum Gasteiger partial charge on any atom is -0.494 e. The smallest absolute Gasteiger partial charge is 0.308 e. The Hall–Kier alpha value is -3.59. The quantitative estimate of drug-likeness (QED) is 0.514. The number of hydrogen-bond donors (Lipinski definition) is 1. The molecule has 1 heterocycles. The monoisotopic (exact) mass is 511 g/mol. The van der Waals surface area contributed by atoms with E-state index in [4.69, 9.17) is 9.47 Å². The number of hydrogen-bond acceptors (Lipinski definition) is 5. The molecule has 36 heavy (non-hydrogen) atoms. The molecule has 0 radical (unpaired) electrons.